The van der Waals surface area contributed by atoms with Gasteiger partial charge in [0.1, 0.15) is 5.75 Å². The molecule has 1 fully saturated rings. The highest BCUT2D eigenvalue weighted by molar-refractivity contribution is 5.81. The average molecular weight is 263 g/mol. The minimum Gasteiger partial charge on any atom is -0.481 e. The van der Waals surface area contributed by atoms with Crippen molar-refractivity contribution >= 4 is 5.91 Å². The third kappa shape index (κ3) is 3.70. The zero-order valence-electron chi connectivity index (χ0n) is 11.2. The number of amides is 1. The molecule has 0 aromatic heterocycles. The van der Waals surface area contributed by atoms with Crippen LogP contribution in [0.2, 0.25) is 0 Å². The van der Waals surface area contributed by atoms with Gasteiger partial charge in [-0.15, -0.1) is 0 Å². The van der Waals surface area contributed by atoms with Gasteiger partial charge in [0.25, 0.3) is 5.91 Å². The fourth-order valence-corrected chi connectivity index (χ4v) is 2.50. The van der Waals surface area contributed by atoms with E-state index in [4.69, 9.17) is 4.74 Å². The summed E-state index contributed by atoms with van der Waals surface area (Å²) in [5.41, 5.74) is 0. The van der Waals surface area contributed by atoms with Crippen molar-refractivity contribution in [2.75, 3.05) is 6.61 Å². The second kappa shape index (κ2) is 6.57. The molecule has 0 heterocycles. The van der Waals surface area contributed by atoms with Crippen LogP contribution in [0.25, 0.3) is 0 Å². The van der Waals surface area contributed by atoms with Gasteiger partial charge >= 0.3 is 0 Å². The Hall–Kier alpha value is -1.55. The minimum absolute atomic E-state index is 0.0827. The normalized spacial score (nSPS) is 23.9. The van der Waals surface area contributed by atoms with Gasteiger partial charge in [0.15, 0.2) is 6.10 Å². The predicted molar refractivity (Wildman–Crippen MR) is 72.9 cm³/mol. The van der Waals surface area contributed by atoms with Crippen molar-refractivity contribution in [2.24, 2.45) is 5.92 Å². The first-order valence-electron chi connectivity index (χ1n) is 6.83. The molecule has 1 aromatic carbocycles. The van der Waals surface area contributed by atoms with E-state index < -0.39 is 6.10 Å². The van der Waals surface area contributed by atoms with Crippen LogP contribution in [0, 0.1) is 5.92 Å². The molecular weight excluding hydrogens is 242 g/mol. The number of ether oxygens (including phenoxy) is 1. The summed E-state index contributed by atoms with van der Waals surface area (Å²) in [4.78, 5) is 12.0. The Morgan fingerprint density at radius 3 is 2.84 bits per heavy atom. The highest BCUT2D eigenvalue weighted by Gasteiger charge is 2.29. The fraction of sp³-hybridized carbons (Fsp3) is 0.533. The molecule has 104 valence electrons. The van der Waals surface area contributed by atoms with Gasteiger partial charge in [-0.05, 0) is 31.9 Å². The van der Waals surface area contributed by atoms with Gasteiger partial charge in [0, 0.05) is 18.6 Å². The van der Waals surface area contributed by atoms with Gasteiger partial charge in [0.2, 0.25) is 0 Å². The summed E-state index contributed by atoms with van der Waals surface area (Å²) < 4.78 is 5.58. The maximum atomic E-state index is 12.0. The van der Waals surface area contributed by atoms with Crippen molar-refractivity contribution in [3.63, 3.8) is 0 Å². The first-order valence-corrected chi connectivity index (χ1v) is 6.83. The molecule has 1 amide bonds. The number of rotatable bonds is 5. The number of hydrogen-bond acceptors (Lipinski definition) is 3. The molecule has 2 N–H and O–H groups in total. The maximum absolute atomic E-state index is 12.0. The summed E-state index contributed by atoms with van der Waals surface area (Å²) >= 11 is 0. The molecule has 4 nitrogen and oxygen atoms in total. The number of nitrogens with one attached hydrogen (secondary N) is 1. The van der Waals surface area contributed by atoms with E-state index >= 15 is 0 Å². The molecule has 1 aliphatic carbocycles. The lowest BCUT2D eigenvalue weighted by Gasteiger charge is -2.22. The van der Waals surface area contributed by atoms with E-state index in [0.29, 0.717) is 5.75 Å². The van der Waals surface area contributed by atoms with Crippen molar-refractivity contribution in [1.29, 1.82) is 0 Å². The molecule has 3 atom stereocenters. The van der Waals surface area contributed by atoms with E-state index in [1.54, 1.807) is 6.92 Å². The van der Waals surface area contributed by atoms with Crippen molar-refractivity contribution in [2.45, 2.75) is 38.3 Å². The molecule has 1 aromatic rings. The number of benzene rings is 1. The van der Waals surface area contributed by atoms with Crippen LogP contribution in [0.4, 0.5) is 0 Å². The molecule has 0 radical (unpaired) electrons. The third-order valence-electron chi connectivity index (χ3n) is 3.65. The van der Waals surface area contributed by atoms with E-state index in [1.807, 2.05) is 30.3 Å². The number of aliphatic hydroxyl groups is 1. The quantitative estimate of drug-likeness (QED) is 0.850. The molecule has 2 rings (SSSR count). The summed E-state index contributed by atoms with van der Waals surface area (Å²) in [6.45, 7) is 1.88. The fourth-order valence-electron chi connectivity index (χ4n) is 2.50. The van der Waals surface area contributed by atoms with Crippen LogP contribution < -0.4 is 10.1 Å². The topological polar surface area (TPSA) is 58.6 Å². The van der Waals surface area contributed by atoms with Gasteiger partial charge in [-0.3, -0.25) is 4.79 Å². The molecule has 4 heteroatoms. The van der Waals surface area contributed by atoms with Crippen LogP contribution in [0.1, 0.15) is 26.2 Å². The molecule has 19 heavy (non-hydrogen) atoms. The zero-order valence-corrected chi connectivity index (χ0v) is 11.2. The monoisotopic (exact) mass is 263 g/mol. The van der Waals surface area contributed by atoms with E-state index in [0.717, 1.165) is 19.3 Å². The maximum Gasteiger partial charge on any atom is 0.261 e. The standard InChI is InChI=1S/C15H21NO3/c1-11(19-13-7-3-2-4-8-13)15(18)16-14-9-5-6-12(14)10-17/h2-4,7-8,11-12,14,17H,5-6,9-10H2,1H3,(H,16,18). The summed E-state index contributed by atoms with van der Waals surface area (Å²) in [5, 5.41) is 12.2. The molecule has 1 aliphatic rings. The van der Waals surface area contributed by atoms with Gasteiger partial charge < -0.3 is 15.2 Å². The van der Waals surface area contributed by atoms with Crippen molar-refractivity contribution in [3.05, 3.63) is 30.3 Å². The van der Waals surface area contributed by atoms with Crippen molar-refractivity contribution < 1.29 is 14.6 Å². The Bertz CT molecular complexity index is 407. The Kier molecular flexibility index (Phi) is 4.80. The van der Waals surface area contributed by atoms with E-state index in [2.05, 4.69) is 5.32 Å². The molecule has 1 saturated carbocycles. The van der Waals surface area contributed by atoms with Crippen molar-refractivity contribution in [1.82, 2.24) is 5.32 Å². The van der Waals surface area contributed by atoms with Crippen LogP contribution in [-0.2, 0) is 4.79 Å². The molecular formula is C15H21NO3. The van der Waals surface area contributed by atoms with Crippen LogP contribution in [0.5, 0.6) is 5.75 Å². The van der Waals surface area contributed by atoms with Crippen molar-refractivity contribution in [3.8, 4) is 5.75 Å². The smallest absolute Gasteiger partial charge is 0.261 e. The Balaban J connectivity index is 1.85. The second-order valence-electron chi connectivity index (χ2n) is 5.06. The SMILES string of the molecule is CC(Oc1ccccc1)C(=O)NC1CCCC1CO. The second-order valence-corrected chi connectivity index (χ2v) is 5.06. The zero-order chi connectivity index (χ0) is 13.7. The molecule has 0 aliphatic heterocycles. The molecule has 0 bridgehead atoms. The lowest BCUT2D eigenvalue weighted by atomic mass is 10.0. The van der Waals surface area contributed by atoms with E-state index in [1.165, 1.54) is 0 Å². The van der Waals surface area contributed by atoms with Gasteiger partial charge in [-0.1, -0.05) is 24.6 Å². The lowest BCUT2D eigenvalue weighted by molar-refractivity contribution is -0.128. The molecule has 0 spiro atoms. The number of para-hydroxylation sites is 1. The number of carbonyl (C=O) groups excluding carboxylic acids is 1. The average Bonchev–Trinajstić information content (AvgIpc) is 2.87. The lowest BCUT2D eigenvalue weighted by Crippen LogP contribution is -2.44. The van der Waals surface area contributed by atoms with Crippen LogP contribution in [0.15, 0.2) is 30.3 Å². The van der Waals surface area contributed by atoms with E-state index in [-0.39, 0.29) is 24.5 Å². The third-order valence-corrected chi connectivity index (χ3v) is 3.65. The Labute approximate surface area is 113 Å². The Morgan fingerprint density at radius 1 is 1.42 bits per heavy atom. The van der Waals surface area contributed by atoms with Gasteiger partial charge in [-0.2, -0.15) is 0 Å². The van der Waals surface area contributed by atoms with Crippen LogP contribution in [-0.4, -0.2) is 29.8 Å². The minimum atomic E-state index is -0.526. The first kappa shape index (κ1) is 13.9. The summed E-state index contributed by atoms with van der Waals surface area (Å²) in [5.74, 6) is 0.761. The van der Waals surface area contributed by atoms with Crippen LogP contribution >= 0.6 is 0 Å². The predicted octanol–water partition coefficient (Wildman–Crippen LogP) is 1.73. The van der Waals surface area contributed by atoms with Gasteiger partial charge in [-0.25, -0.2) is 0 Å². The summed E-state index contributed by atoms with van der Waals surface area (Å²) in [7, 11) is 0. The number of aliphatic hydroxyl groups excluding tert-OH is 1. The number of hydrogen-bond donors (Lipinski definition) is 2. The highest BCUT2D eigenvalue weighted by atomic mass is 16.5. The Morgan fingerprint density at radius 2 is 2.16 bits per heavy atom. The summed E-state index contributed by atoms with van der Waals surface area (Å²) in [6, 6.07) is 9.39. The highest BCUT2D eigenvalue weighted by Crippen LogP contribution is 2.25. The molecule has 0 saturated heterocycles. The molecule has 3 unspecified atom stereocenters. The van der Waals surface area contributed by atoms with Gasteiger partial charge in [0.05, 0.1) is 0 Å². The van der Waals surface area contributed by atoms with E-state index in [9.17, 15) is 9.90 Å². The first-order chi connectivity index (χ1) is 9.20. The number of carbonyl (C=O) groups is 1. The summed E-state index contributed by atoms with van der Waals surface area (Å²) in [6.07, 6.45) is 2.46. The van der Waals surface area contributed by atoms with Crippen LogP contribution in [0.3, 0.4) is 0 Å². The largest absolute Gasteiger partial charge is 0.481 e.